The Morgan fingerprint density at radius 2 is 2.22 bits per heavy atom. The molecule has 0 saturated carbocycles. The number of carboxylic acids is 1. The number of piperidine rings is 1. The van der Waals surface area contributed by atoms with Gasteiger partial charge in [0.25, 0.3) is 0 Å². The van der Waals surface area contributed by atoms with E-state index in [-0.39, 0.29) is 17.5 Å². The molecule has 1 aliphatic heterocycles. The van der Waals surface area contributed by atoms with Crippen LogP contribution in [0.2, 0.25) is 0 Å². The Morgan fingerprint density at radius 1 is 1.50 bits per heavy atom. The molecule has 0 bridgehead atoms. The lowest BCUT2D eigenvalue weighted by atomic mass is 9.97. The van der Waals surface area contributed by atoms with Gasteiger partial charge in [0.05, 0.1) is 6.54 Å². The number of aromatic carboxylic acids is 1. The summed E-state index contributed by atoms with van der Waals surface area (Å²) >= 11 is 1.25. The van der Waals surface area contributed by atoms with Crippen molar-refractivity contribution in [3.05, 3.63) is 16.1 Å². The average Bonchev–Trinajstić information content (AvgIpc) is 2.86. The van der Waals surface area contributed by atoms with Gasteiger partial charge in [0, 0.05) is 11.3 Å². The number of nitrogens with one attached hydrogen (secondary N) is 2. The lowest BCUT2D eigenvalue weighted by Crippen LogP contribution is -2.37. The number of hydrogen-bond donors (Lipinski definition) is 3. The van der Waals surface area contributed by atoms with Gasteiger partial charge in [-0.05, 0) is 25.9 Å². The minimum absolute atomic E-state index is 0.0311. The Balaban J connectivity index is 1.82. The molecule has 3 N–H and O–H groups in total. The first-order chi connectivity index (χ1) is 8.66. The highest BCUT2D eigenvalue weighted by atomic mass is 32.1. The van der Waals surface area contributed by atoms with Crippen molar-refractivity contribution in [1.82, 2.24) is 15.6 Å². The van der Waals surface area contributed by atoms with Crippen LogP contribution in [-0.2, 0) is 11.3 Å². The van der Waals surface area contributed by atoms with E-state index in [4.69, 9.17) is 5.11 Å². The van der Waals surface area contributed by atoms with Crippen LogP contribution in [0.25, 0.3) is 0 Å². The normalized spacial score (nSPS) is 16.4. The maximum atomic E-state index is 11.8. The molecule has 1 fully saturated rings. The zero-order chi connectivity index (χ0) is 13.0. The van der Waals surface area contributed by atoms with E-state index in [1.165, 1.54) is 16.7 Å². The highest BCUT2D eigenvalue weighted by Gasteiger charge is 2.20. The van der Waals surface area contributed by atoms with Gasteiger partial charge in [-0.25, -0.2) is 9.78 Å². The number of thiazole rings is 1. The molecule has 18 heavy (non-hydrogen) atoms. The fourth-order valence-corrected chi connectivity index (χ4v) is 2.59. The molecule has 0 radical (unpaired) electrons. The summed E-state index contributed by atoms with van der Waals surface area (Å²) in [6, 6.07) is 0. The summed E-state index contributed by atoms with van der Waals surface area (Å²) < 4.78 is 0. The summed E-state index contributed by atoms with van der Waals surface area (Å²) in [7, 11) is 0. The third kappa shape index (κ3) is 3.27. The molecule has 1 saturated heterocycles. The highest BCUT2D eigenvalue weighted by molar-refractivity contribution is 7.09. The van der Waals surface area contributed by atoms with Crippen molar-refractivity contribution in [3.8, 4) is 0 Å². The smallest absolute Gasteiger partial charge is 0.355 e. The van der Waals surface area contributed by atoms with E-state index in [9.17, 15) is 9.59 Å². The Labute approximate surface area is 108 Å². The quantitative estimate of drug-likeness (QED) is 0.738. The summed E-state index contributed by atoms with van der Waals surface area (Å²) in [4.78, 5) is 26.4. The first kappa shape index (κ1) is 13.0. The average molecular weight is 269 g/mol. The Kier molecular flexibility index (Phi) is 4.27. The summed E-state index contributed by atoms with van der Waals surface area (Å²) in [5, 5.41) is 16.8. The molecule has 2 heterocycles. The van der Waals surface area contributed by atoms with E-state index in [1.54, 1.807) is 0 Å². The first-order valence-electron chi connectivity index (χ1n) is 5.83. The second-order valence-corrected chi connectivity index (χ2v) is 5.12. The number of aromatic nitrogens is 1. The van der Waals surface area contributed by atoms with Crippen molar-refractivity contribution in [2.24, 2.45) is 5.92 Å². The number of rotatable bonds is 4. The summed E-state index contributed by atoms with van der Waals surface area (Å²) in [6.07, 6.45) is 1.70. The van der Waals surface area contributed by atoms with Crippen molar-refractivity contribution in [2.45, 2.75) is 19.4 Å². The van der Waals surface area contributed by atoms with Crippen LogP contribution in [0, 0.1) is 5.92 Å². The molecule has 98 valence electrons. The van der Waals surface area contributed by atoms with Crippen molar-refractivity contribution in [3.63, 3.8) is 0 Å². The third-order valence-electron chi connectivity index (χ3n) is 2.89. The van der Waals surface area contributed by atoms with Crippen molar-refractivity contribution >= 4 is 23.2 Å². The van der Waals surface area contributed by atoms with Gasteiger partial charge >= 0.3 is 5.97 Å². The largest absolute Gasteiger partial charge is 0.476 e. The van der Waals surface area contributed by atoms with Gasteiger partial charge in [-0.3, -0.25) is 4.79 Å². The van der Waals surface area contributed by atoms with Gasteiger partial charge in [0.2, 0.25) is 5.91 Å². The lowest BCUT2D eigenvalue weighted by Gasteiger charge is -2.21. The Hall–Kier alpha value is -1.47. The molecule has 2 rings (SSSR count). The van der Waals surface area contributed by atoms with E-state index >= 15 is 0 Å². The van der Waals surface area contributed by atoms with E-state index < -0.39 is 5.97 Å². The minimum Gasteiger partial charge on any atom is -0.476 e. The Bertz CT molecular complexity index is 440. The number of amides is 1. The van der Waals surface area contributed by atoms with E-state index in [2.05, 4.69) is 15.6 Å². The van der Waals surface area contributed by atoms with Crippen LogP contribution < -0.4 is 10.6 Å². The van der Waals surface area contributed by atoms with Crippen molar-refractivity contribution < 1.29 is 14.7 Å². The van der Waals surface area contributed by atoms with E-state index in [0.717, 1.165) is 25.9 Å². The van der Waals surface area contributed by atoms with Crippen LogP contribution in [0.4, 0.5) is 0 Å². The van der Waals surface area contributed by atoms with Gasteiger partial charge in [-0.1, -0.05) is 0 Å². The van der Waals surface area contributed by atoms with E-state index in [1.807, 2.05) is 0 Å². The molecule has 0 atom stereocenters. The third-order valence-corrected chi connectivity index (χ3v) is 3.74. The minimum atomic E-state index is -1.04. The zero-order valence-electron chi connectivity index (χ0n) is 9.81. The molecule has 1 amide bonds. The van der Waals surface area contributed by atoms with Crippen LogP contribution in [0.1, 0.15) is 28.3 Å². The molecule has 0 spiro atoms. The lowest BCUT2D eigenvalue weighted by molar-refractivity contribution is -0.125. The number of carbonyl (C=O) groups is 2. The standard InChI is InChI=1S/C11H15N3O3S/c15-10(7-1-3-12-4-2-7)13-5-9-14-8(6-18-9)11(16)17/h6-7,12H,1-5H2,(H,13,15)(H,16,17). The number of carbonyl (C=O) groups excluding carboxylic acids is 1. The monoisotopic (exact) mass is 269 g/mol. The highest BCUT2D eigenvalue weighted by Crippen LogP contribution is 2.13. The van der Waals surface area contributed by atoms with Gasteiger partial charge < -0.3 is 15.7 Å². The molecule has 0 aromatic carbocycles. The van der Waals surface area contributed by atoms with Gasteiger partial charge in [0.15, 0.2) is 5.69 Å². The van der Waals surface area contributed by atoms with Crippen molar-refractivity contribution in [1.29, 1.82) is 0 Å². The first-order valence-corrected chi connectivity index (χ1v) is 6.71. The van der Waals surface area contributed by atoms with Crippen LogP contribution in [0.3, 0.4) is 0 Å². The molecule has 0 aliphatic carbocycles. The number of carboxylic acid groups (broad SMARTS) is 1. The summed E-state index contributed by atoms with van der Waals surface area (Å²) in [5.74, 6) is -0.948. The SMILES string of the molecule is O=C(O)c1csc(CNC(=O)C2CCNCC2)n1. The van der Waals surface area contributed by atoms with Crippen molar-refractivity contribution in [2.75, 3.05) is 13.1 Å². The fraction of sp³-hybridized carbons (Fsp3) is 0.545. The molecule has 6 nitrogen and oxygen atoms in total. The molecular formula is C11H15N3O3S. The fourth-order valence-electron chi connectivity index (χ4n) is 1.88. The van der Waals surface area contributed by atoms with Gasteiger partial charge in [-0.2, -0.15) is 0 Å². The summed E-state index contributed by atoms with van der Waals surface area (Å²) in [6.45, 7) is 2.05. The predicted octanol–water partition coefficient (Wildman–Crippen LogP) is 0.457. The Morgan fingerprint density at radius 3 is 2.83 bits per heavy atom. The van der Waals surface area contributed by atoms with Gasteiger partial charge in [0.1, 0.15) is 5.01 Å². The summed E-state index contributed by atoms with van der Waals surface area (Å²) in [5.41, 5.74) is 0.0334. The van der Waals surface area contributed by atoms with Crippen LogP contribution >= 0.6 is 11.3 Å². The molecule has 0 unspecified atom stereocenters. The molecule has 1 aromatic rings. The second kappa shape index (κ2) is 5.92. The van der Waals surface area contributed by atoms with Crippen LogP contribution in [0.5, 0.6) is 0 Å². The van der Waals surface area contributed by atoms with Gasteiger partial charge in [-0.15, -0.1) is 11.3 Å². The zero-order valence-corrected chi connectivity index (χ0v) is 10.6. The molecule has 1 aliphatic rings. The molecule has 1 aromatic heterocycles. The topological polar surface area (TPSA) is 91.3 Å². The second-order valence-electron chi connectivity index (χ2n) is 4.17. The molecular weight excluding hydrogens is 254 g/mol. The van der Waals surface area contributed by atoms with Crippen LogP contribution in [0.15, 0.2) is 5.38 Å². The van der Waals surface area contributed by atoms with Crippen LogP contribution in [-0.4, -0.2) is 35.1 Å². The number of nitrogens with zero attached hydrogens (tertiary/aromatic N) is 1. The molecule has 7 heteroatoms. The van der Waals surface area contributed by atoms with E-state index in [0.29, 0.717) is 11.6 Å². The predicted molar refractivity (Wildman–Crippen MR) is 66.5 cm³/mol. The maximum Gasteiger partial charge on any atom is 0.355 e. The maximum absolute atomic E-state index is 11.8. The number of hydrogen-bond acceptors (Lipinski definition) is 5.